The number of amides is 3. The molecule has 2 heterocycles. The lowest BCUT2D eigenvalue weighted by Gasteiger charge is -2.31. The number of hydrogen-bond acceptors (Lipinski definition) is 7. The van der Waals surface area contributed by atoms with Crippen LogP contribution in [0.4, 0.5) is 4.79 Å². The van der Waals surface area contributed by atoms with Gasteiger partial charge in [-0.05, 0) is 28.8 Å². The van der Waals surface area contributed by atoms with Crippen LogP contribution in [0.5, 0.6) is 5.75 Å². The lowest BCUT2D eigenvalue weighted by molar-refractivity contribution is -0.141. The van der Waals surface area contributed by atoms with Gasteiger partial charge < -0.3 is 19.1 Å². The quantitative estimate of drug-likeness (QED) is 0.314. The van der Waals surface area contributed by atoms with Crippen molar-refractivity contribution in [2.45, 2.75) is 18.7 Å². The van der Waals surface area contributed by atoms with E-state index in [9.17, 15) is 9.59 Å². The predicted molar refractivity (Wildman–Crippen MR) is 116 cm³/mol. The first-order chi connectivity index (χ1) is 16.1. The van der Waals surface area contributed by atoms with Gasteiger partial charge in [0.25, 0.3) is 5.91 Å². The minimum atomic E-state index is -0.846. The molecule has 10 heteroatoms. The summed E-state index contributed by atoms with van der Waals surface area (Å²) in [5.74, 6) is 0.125. The molecule has 4 rings (SSSR count). The molecule has 1 unspecified atom stereocenters. The molecule has 2 atom stereocenters. The Hall–Kier alpha value is -3.18. The van der Waals surface area contributed by atoms with Crippen LogP contribution in [-0.2, 0) is 30.6 Å². The summed E-state index contributed by atoms with van der Waals surface area (Å²) in [6.07, 6.45) is 0. The van der Waals surface area contributed by atoms with Crippen molar-refractivity contribution in [3.63, 3.8) is 0 Å². The van der Waals surface area contributed by atoms with Crippen LogP contribution < -0.4 is 10.2 Å². The maximum atomic E-state index is 13.2. The molecular formula is C23H27N3O7. The summed E-state index contributed by atoms with van der Waals surface area (Å²) in [4.78, 5) is 38.2. The minimum absolute atomic E-state index is 0.0552. The van der Waals surface area contributed by atoms with E-state index >= 15 is 0 Å². The van der Waals surface area contributed by atoms with Gasteiger partial charge in [-0.1, -0.05) is 36.4 Å². The fraction of sp³-hybridized carbons (Fsp3) is 0.391. The Morgan fingerprint density at radius 1 is 1.09 bits per heavy atom. The zero-order chi connectivity index (χ0) is 23.2. The maximum Gasteiger partial charge on any atom is 0.345 e. The first-order valence-electron chi connectivity index (χ1n) is 10.6. The second-order valence-corrected chi connectivity index (χ2v) is 7.56. The third kappa shape index (κ3) is 4.93. The Morgan fingerprint density at radius 2 is 1.91 bits per heavy atom. The number of hydroxylamine groups is 3. The van der Waals surface area contributed by atoms with Crippen LogP contribution in [0.2, 0.25) is 0 Å². The molecule has 3 amide bonds. The number of nitrogens with one attached hydrogen (secondary N) is 1. The summed E-state index contributed by atoms with van der Waals surface area (Å²) in [6, 6.07) is 13.3. The molecule has 2 aromatic carbocycles. The van der Waals surface area contributed by atoms with E-state index in [1.165, 1.54) is 17.1 Å². The molecule has 2 aliphatic rings. The third-order valence-electron chi connectivity index (χ3n) is 5.52. The highest BCUT2D eigenvalue weighted by Gasteiger charge is 2.51. The first-order valence-corrected chi connectivity index (χ1v) is 10.6. The van der Waals surface area contributed by atoms with Crippen molar-refractivity contribution in [3.8, 4) is 5.75 Å². The molecule has 1 N–H and O–H groups in total. The SMILES string of the molecule is COCCOCOc1ccc2c(c1)[C@H]1CN(C(=O)N1OCc1ccccc1)C2C(=O)NOC. The average molecular weight is 457 g/mol. The van der Waals surface area contributed by atoms with Gasteiger partial charge in [0.2, 0.25) is 0 Å². The number of rotatable bonds is 11. The number of methoxy groups -OCH3 is 1. The fourth-order valence-corrected chi connectivity index (χ4v) is 4.00. The molecule has 2 aromatic rings. The molecular weight excluding hydrogens is 430 g/mol. The number of hydrogen-bond donors (Lipinski definition) is 1. The first kappa shape index (κ1) is 23.0. The number of benzene rings is 2. The van der Waals surface area contributed by atoms with E-state index in [0.29, 0.717) is 31.1 Å². The van der Waals surface area contributed by atoms with Crippen molar-refractivity contribution in [3.05, 3.63) is 65.2 Å². The van der Waals surface area contributed by atoms with Crippen LogP contribution in [0.3, 0.4) is 0 Å². The van der Waals surface area contributed by atoms with E-state index in [1.54, 1.807) is 19.2 Å². The summed E-state index contributed by atoms with van der Waals surface area (Å²) < 4.78 is 16.0. The molecule has 1 fully saturated rings. The third-order valence-corrected chi connectivity index (χ3v) is 5.52. The van der Waals surface area contributed by atoms with Gasteiger partial charge in [0, 0.05) is 7.11 Å². The summed E-state index contributed by atoms with van der Waals surface area (Å²) in [6.45, 7) is 1.46. The van der Waals surface area contributed by atoms with Gasteiger partial charge in [0.15, 0.2) is 6.79 Å². The number of fused-ring (bicyclic) bond motifs is 4. The second-order valence-electron chi connectivity index (χ2n) is 7.56. The highest BCUT2D eigenvalue weighted by molar-refractivity contribution is 5.90. The molecule has 176 valence electrons. The molecule has 1 saturated heterocycles. The molecule has 2 bridgehead atoms. The maximum absolute atomic E-state index is 13.2. The largest absolute Gasteiger partial charge is 0.468 e. The monoisotopic (exact) mass is 457 g/mol. The standard InChI is InChI=1S/C23H27N3O7/c1-29-10-11-31-15-32-17-8-9-18-19(12-17)20-13-25(21(18)22(27)24-30-2)23(28)26(20)33-14-16-6-4-3-5-7-16/h3-9,12,20-21H,10-11,13-15H2,1-2H3,(H,24,27)/t20-,21?/m1/s1. The van der Waals surface area contributed by atoms with Crippen LogP contribution in [0.15, 0.2) is 48.5 Å². The van der Waals surface area contributed by atoms with Crippen molar-refractivity contribution < 1.29 is 33.5 Å². The molecule has 0 spiro atoms. The predicted octanol–water partition coefficient (Wildman–Crippen LogP) is 2.33. The Kier molecular flexibility index (Phi) is 7.40. The van der Waals surface area contributed by atoms with Crippen LogP contribution >= 0.6 is 0 Å². The topological polar surface area (TPSA) is 98.8 Å². The summed E-state index contributed by atoms with van der Waals surface area (Å²) in [7, 11) is 2.95. The van der Waals surface area contributed by atoms with Gasteiger partial charge in [0.05, 0.1) is 26.9 Å². The van der Waals surface area contributed by atoms with Gasteiger partial charge in [-0.2, -0.15) is 5.06 Å². The van der Waals surface area contributed by atoms with Crippen molar-refractivity contribution in [1.82, 2.24) is 15.4 Å². The summed E-state index contributed by atoms with van der Waals surface area (Å²) in [5, 5.41) is 1.34. The summed E-state index contributed by atoms with van der Waals surface area (Å²) in [5.41, 5.74) is 4.74. The van der Waals surface area contributed by atoms with Gasteiger partial charge in [-0.3, -0.25) is 14.5 Å². The average Bonchev–Trinajstić information content (AvgIpc) is 3.11. The smallest absolute Gasteiger partial charge is 0.345 e. The molecule has 33 heavy (non-hydrogen) atoms. The van der Waals surface area contributed by atoms with E-state index in [4.69, 9.17) is 23.9 Å². The Labute approximate surface area is 191 Å². The molecule has 0 radical (unpaired) electrons. The van der Waals surface area contributed by atoms with Gasteiger partial charge in [0.1, 0.15) is 24.4 Å². The zero-order valence-corrected chi connectivity index (χ0v) is 18.6. The van der Waals surface area contributed by atoms with Crippen LogP contribution in [0.25, 0.3) is 0 Å². The van der Waals surface area contributed by atoms with Crippen molar-refractivity contribution >= 4 is 11.9 Å². The minimum Gasteiger partial charge on any atom is -0.468 e. The van der Waals surface area contributed by atoms with E-state index in [2.05, 4.69) is 5.48 Å². The van der Waals surface area contributed by atoms with E-state index in [1.807, 2.05) is 36.4 Å². The Bertz CT molecular complexity index is 972. The lowest BCUT2D eigenvalue weighted by Crippen LogP contribution is -2.43. The van der Waals surface area contributed by atoms with Crippen molar-refractivity contribution in [2.75, 3.05) is 40.8 Å². The molecule has 0 saturated carbocycles. The Morgan fingerprint density at radius 3 is 2.67 bits per heavy atom. The number of nitrogens with zero attached hydrogens (tertiary/aromatic N) is 2. The van der Waals surface area contributed by atoms with E-state index < -0.39 is 11.9 Å². The van der Waals surface area contributed by atoms with Gasteiger partial charge in [-0.25, -0.2) is 10.3 Å². The van der Waals surface area contributed by atoms with Crippen LogP contribution in [0.1, 0.15) is 28.8 Å². The highest BCUT2D eigenvalue weighted by Crippen LogP contribution is 2.45. The van der Waals surface area contributed by atoms with Crippen molar-refractivity contribution in [2.24, 2.45) is 0 Å². The highest BCUT2D eigenvalue weighted by atomic mass is 16.7. The zero-order valence-electron chi connectivity index (χ0n) is 18.6. The Balaban J connectivity index is 1.57. The van der Waals surface area contributed by atoms with Crippen LogP contribution in [-0.4, -0.2) is 62.7 Å². The lowest BCUT2D eigenvalue weighted by atomic mass is 9.90. The number of carbonyl (C=O) groups is 2. The molecule has 0 aliphatic carbocycles. The van der Waals surface area contributed by atoms with Gasteiger partial charge in [-0.15, -0.1) is 0 Å². The molecule has 10 nitrogen and oxygen atoms in total. The normalized spacial score (nSPS) is 18.9. The number of carbonyl (C=O) groups excluding carboxylic acids is 2. The summed E-state index contributed by atoms with van der Waals surface area (Å²) >= 11 is 0. The van der Waals surface area contributed by atoms with Crippen LogP contribution in [0, 0.1) is 0 Å². The second kappa shape index (κ2) is 10.6. The van der Waals surface area contributed by atoms with Gasteiger partial charge >= 0.3 is 6.03 Å². The van der Waals surface area contributed by atoms with Crippen molar-refractivity contribution in [1.29, 1.82) is 0 Å². The number of ether oxygens (including phenoxy) is 3. The molecule has 0 aromatic heterocycles. The van der Waals surface area contributed by atoms with E-state index in [-0.39, 0.29) is 25.5 Å². The number of urea groups is 1. The fourth-order valence-electron chi connectivity index (χ4n) is 4.00. The van der Waals surface area contributed by atoms with E-state index in [0.717, 1.165) is 11.1 Å². The molecule has 2 aliphatic heterocycles.